The topological polar surface area (TPSA) is 171 Å². The molecule has 5 heterocycles. The van der Waals surface area contributed by atoms with E-state index in [1.807, 2.05) is 24.3 Å². The second-order valence-electron chi connectivity index (χ2n) is 18.9. The van der Waals surface area contributed by atoms with Gasteiger partial charge in [-0.25, -0.2) is 0 Å². The van der Waals surface area contributed by atoms with Crippen molar-refractivity contribution in [1.29, 1.82) is 5.26 Å². The number of carbonyl (C=O) groups excluding carboxylic acids is 4. The molecule has 62 heavy (non-hydrogen) atoms. The van der Waals surface area contributed by atoms with Crippen molar-refractivity contribution in [2.75, 3.05) is 55.6 Å². The first-order valence-electron chi connectivity index (χ1n) is 21.8. The van der Waals surface area contributed by atoms with Gasteiger partial charge in [0.1, 0.15) is 24.0 Å². The number of nitriles is 1. The number of carbonyl (C=O) groups is 4. The first-order chi connectivity index (χ1) is 29.7. The Bertz CT molecular complexity index is 2530. The number of aromatic amines is 1. The number of anilines is 2. The van der Waals surface area contributed by atoms with Crippen molar-refractivity contribution in [2.24, 2.45) is 16.7 Å². The van der Waals surface area contributed by atoms with E-state index >= 15 is 0 Å². The Morgan fingerprint density at radius 3 is 2.23 bits per heavy atom. The Labute approximate surface area is 361 Å². The lowest BCUT2D eigenvalue weighted by Gasteiger charge is -2.63. The Morgan fingerprint density at radius 1 is 0.839 bits per heavy atom. The molecule has 4 amide bonds. The van der Waals surface area contributed by atoms with E-state index in [-0.39, 0.29) is 47.8 Å². The summed E-state index contributed by atoms with van der Waals surface area (Å²) in [7, 11) is 0. The second kappa shape index (κ2) is 15.9. The van der Waals surface area contributed by atoms with Crippen LogP contribution in [0.5, 0.6) is 5.75 Å². The van der Waals surface area contributed by atoms with Gasteiger partial charge in [0.05, 0.1) is 11.1 Å². The zero-order valence-electron chi connectivity index (χ0n) is 35.8. The van der Waals surface area contributed by atoms with Gasteiger partial charge in [-0.15, -0.1) is 0 Å². The molecule has 0 unspecified atom stereocenters. The SMILES string of the molecule is CC1(C)C(NC(=O)c2ccc(N3CCC(CN4CCN(c5ccc6c(c5)CN([C@H]5CCC(=O)NC5=O)C6=O)CC4)CC3)cc2)C(C)(C)C1Oc1ccc(C#N)c2[nH]c(=O)ccc12. The summed E-state index contributed by atoms with van der Waals surface area (Å²) in [6, 6.07) is 21.9. The average Bonchev–Trinajstić information content (AvgIpc) is 3.59. The Hall–Kier alpha value is -6.20. The van der Waals surface area contributed by atoms with Gasteiger partial charge < -0.3 is 29.7 Å². The minimum atomic E-state index is -0.608. The smallest absolute Gasteiger partial charge is 0.255 e. The maximum atomic E-state index is 13.7. The van der Waals surface area contributed by atoms with Gasteiger partial charge in [0.25, 0.3) is 11.8 Å². The van der Waals surface area contributed by atoms with Gasteiger partial charge in [0.2, 0.25) is 17.4 Å². The van der Waals surface area contributed by atoms with E-state index in [1.165, 1.54) is 6.07 Å². The molecule has 0 radical (unpaired) electrons. The molecule has 14 nitrogen and oxygen atoms in total. The monoisotopic (exact) mass is 838 g/mol. The highest BCUT2D eigenvalue weighted by atomic mass is 16.5. The maximum Gasteiger partial charge on any atom is 0.255 e. The molecule has 3 N–H and O–H groups in total. The fourth-order valence-corrected chi connectivity index (χ4v) is 11.1. The largest absolute Gasteiger partial charge is 0.488 e. The van der Waals surface area contributed by atoms with E-state index in [1.54, 1.807) is 23.1 Å². The van der Waals surface area contributed by atoms with Crippen LogP contribution in [0.15, 0.2) is 71.5 Å². The number of aromatic nitrogens is 1. The van der Waals surface area contributed by atoms with E-state index < -0.39 is 16.9 Å². The number of piperazine rings is 1. The molecule has 14 heteroatoms. The normalized spacial score (nSPS) is 23.7. The highest BCUT2D eigenvalue weighted by Gasteiger charge is 2.64. The van der Waals surface area contributed by atoms with Crippen molar-refractivity contribution in [1.82, 2.24) is 25.4 Å². The second-order valence-corrected chi connectivity index (χ2v) is 18.9. The summed E-state index contributed by atoms with van der Waals surface area (Å²) in [6.07, 6.45) is 2.58. The predicted molar refractivity (Wildman–Crippen MR) is 235 cm³/mol. The quantitative estimate of drug-likeness (QED) is 0.199. The van der Waals surface area contributed by atoms with Crippen molar-refractivity contribution < 1.29 is 23.9 Å². The third-order valence-electron chi connectivity index (χ3n) is 14.2. The van der Waals surface area contributed by atoms with Crippen molar-refractivity contribution in [3.05, 3.63) is 99.3 Å². The minimum absolute atomic E-state index is 0.121. The fraction of sp³-hybridized carbons (Fsp3) is 0.458. The highest BCUT2D eigenvalue weighted by Crippen LogP contribution is 2.56. The minimum Gasteiger partial charge on any atom is -0.488 e. The van der Waals surface area contributed by atoms with Gasteiger partial charge in [-0.05, 0) is 91.4 Å². The summed E-state index contributed by atoms with van der Waals surface area (Å²) in [6.45, 7) is 15.5. The van der Waals surface area contributed by atoms with Crippen LogP contribution in [0.2, 0.25) is 0 Å². The van der Waals surface area contributed by atoms with Gasteiger partial charge in [0.15, 0.2) is 0 Å². The van der Waals surface area contributed by atoms with E-state index in [2.05, 4.69) is 82.3 Å². The van der Waals surface area contributed by atoms with Crippen LogP contribution in [0.1, 0.15) is 85.2 Å². The van der Waals surface area contributed by atoms with Crippen molar-refractivity contribution in [3.63, 3.8) is 0 Å². The number of imide groups is 1. The average molecular weight is 839 g/mol. The standard InChI is InChI=1S/C48H54N8O6/c1-47(2)45(48(3,4)46(47)62-38-14-7-31(26-49)41-36(38)12-15-39(57)50-41)52-42(59)30-5-8-33(9-6-30)54-19-17-29(18-20-54)27-53-21-23-55(24-22-53)34-10-11-35-32(25-34)28-56(44(35)61)37-13-16-40(58)51-43(37)60/h5-12,14-15,25,29,37,45-46H,13,16-24,27-28H2,1-4H3,(H,50,57)(H,52,59)(H,51,58,60)/t37-,45?,46?/m0/s1. The van der Waals surface area contributed by atoms with Crippen LogP contribution in [0.3, 0.4) is 0 Å². The molecule has 3 aromatic carbocycles. The number of H-pyrrole nitrogens is 1. The van der Waals surface area contributed by atoms with Crippen LogP contribution in [0.25, 0.3) is 10.9 Å². The van der Waals surface area contributed by atoms with Gasteiger partial charge >= 0.3 is 0 Å². The van der Waals surface area contributed by atoms with Gasteiger partial charge in [-0.3, -0.25) is 34.2 Å². The zero-order chi connectivity index (χ0) is 43.5. The fourth-order valence-electron chi connectivity index (χ4n) is 11.1. The summed E-state index contributed by atoms with van der Waals surface area (Å²) in [5.41, 5.74) is 4.14. The maximum absolute atomic E-state index is 13.7. The number of ether oxygens (including phenoxy) is 1. The van der Waals surface area contributed by atoms with E-state index in [0.29, 0.717) is 52.2 Å². The summed E-state index contributed by atoms with van der Waals surface area (Å²) < 4.78 is 6.62. The molecule has 3 saturated heterocycles. The third-order valence-corrected chi connectivity index (χ3v) is 14.2. The number of hydrogen-bond acceptors (Lipinski definition) is 10. The molecule has 1 atom stereocenters. The number of rotatable bonds is 9. The van der Waals surface area contributed by atoms with Crippen LogP contribution in [0, 0.1) is 28.1 Å². The number of amides is 4. The number of benzene rings is 3. The molecule has 1 saturated carbocycles. The highest BCUT2D eigenvalue weighted by molar-refractivity contribution is 6.05. The van der Waals surface area contributed by atoms with E-state index in [9.17, 15) is 29.2 Å². The Kier molecular flexibility index (Phi) is 10.6. The first kappa shape index (κ1) is 41.2. The van der Waals surface area contributed by atoms with Gasteiger partial charge in [0, 0.05) is 110 Å². The Morgan fingerprint density at radius 2 is 1.53 bits per heavy atom. The lowest BCUT2D eigenvalue weighted by Crippen LogP contribution is -2.74. The summed E-state index contributed by atoms with van der Waals surface area (Å²) in [4.78, 5) is 74.7. The lowest BCUT2D eigenvalue weighted by atomic mass is 9.49. The molecule has 4 fully saturated rings. The van der Waals surface area contributed by atoms with Crippen LogP contribution in [-0.2, 0) is 16.1 Å². The molecule has 1 aliphatic carbocycles. The Balaban J connectivity index is 0.736. The molecular weight excluding hydrogens is 785 g/mol. The number of nitrogens with one attached hydrogen (secondary N) is 3. The summed E-state index contributed by atoms with van der Waals surface area (Å²) in [5.74, 6) is 0.267. The van der Waals surface area contributed by atoms with E-state index in [4.69, 9.17) is 4.74 Å². The zero-order valence-corrected chi connectivity index (χ0v) is 35.8. The summed E-state index contributed by atoms with van der Waals surface area (Å²) >= 11 is 0. The van der Waals surface area contributed by atoms with Crippen molar-refractivity contribution in [3.8, 4) is 11.8 Å². The molecule has 4 aliphatic heterocycles. The lowest BCUT2D eigenvalue weighted by molar-refractivity contribution is -0.163. The van der Waals surface area contributed by atoms with Gasteiger partial charge in [-0.1, -0.05) is 27.7 Å². The van der Waals surface area contributed by atoms with Crippen LogP contribution in [0.4, 0.5) is 11.4 Å². The first-order valence-corrected chi connectivity index (χ1v) is 21.8. The number of fused-ring (bicyclic) bond motifs is 2. The number of piperidine rings is 2. The summed E-state index contributed by atoms with van der Waals surface area (Å²) in [5, 5.41) is 15.9. The van der Waals surface area contributed by atoms with Crippen molar-refractivity contribution in [2.45, 2.75) is 78.1 Å². The van der Waals surface area contributed by atoms with Crippen LogP contribution < -0.4 is 30.7 Å². The number of nitrogens with zero attached hydrogens (tertiary/aromatic N) is 5. The predicted octanol–water partition coefficient (Wildman–Crippen LogP) is 4.81. The molecule has 4 aromatic rings. The van der Waals surface area contributed by atoms with Crippen LogP contribution in [-0.4, -0.2) is 102 Å². The van der Waals surface area contributed by atoms with E-state index in [0.717, 1.165) is 75.6 Å². The molecule has 0 spiro atoms. The van der Waals surface area contributed by atoms with Crippen LogP contribution >= 0.6 is 0 Å². The molecule has 322 valence electrons. The molecule has 1 aromatic heterocycles. The number of hydrogen-bond donors (Lipinski definition) is 3. The van der Waals surface area contributed by atoms with Gasteiger partial charge in [-0.2, -0.15) is 5.26 Å². The molecular formula is C48H54N8O6. The molecule has 9 rings (SSSR count). The van der Waals surface area contributed by atoms with Crippen molar-refractivity contribution >= 4 is 45.9 Å². The molecule has 5 aliphatic rings. The molecule has 0 bridgehead atoms. The number of pyridine rings is 1. The third kappa shape index (κ3) is 7.46.